The lowest BCUT2D eigenvalue weighted by Crippen LogP contribution is -2.35. The zero-order valence-electron chi connectivity index (χ0n) is 14.5. The standard InChI is InChI=1S/C11H26N.C6H12O2/c1-5-6-7-8-9-10-11-12(2,3)4;1-2-3-4-5-6(7)8/h5-11H2,1-4H3;2-5H2,1H3,(H,7,8)/q+1;/p-1. The summed E-state index contributed by atoms with van der Waals surface area (Å²) in [4.78, 5) is 9.76. The van der Waals surface area contributed by atoms with Crippen molar-refractivity contribution in [2.75, 3.05) is 27.7 Å². The molecular weight excluding hydrogens is 250 g/mol. The van der Waals surface area contributed by atoms with E-state index in [1.807, 2.05) is 6.92 Å². The van der Waals surface area contributed by atoms with E-state index in [4.69, 9.17) is 0 Å². The molecular formula is C17H37NO2. The van der Waals surface area contributed by atoms with E-state index >= 15 is 0 Å². The number of aliphatic carboxylic acids is 1. The fourth-order valence-corrected chi connectivity index (χ4v) is 1.89. The predicted octanol–water partition coefficient (Wildman–Crippen LogP) is 3.37. The topological polar surface area (TPSA) is 40.1 Å². The normalized spacial score (nSPS) is 10.8. The lowest BCUT2D eigenvalue weighted by atomic mass is 10.1. The lowest BCUT2D eigenvalue weighted by Gasteiger charge is -2.23. The second-order valence-electron chi connectivity index (χ2n) is 6.61. The van der Waals surface area contributed by atoms with Crippen LogP contribution >= 0.6 is 0 Å². The Bertz CT molecular complexity index is 210. The summed E-state index contributed by atoms with van der Waals surface area (Å²) in [5.74, 6) is -0.932. The van der Waals surface area contributed by atoms with Crippen molar-refractivity contribution < 1.29 is 14.4 Å². The number of carbonyl (C=O) groups excluding carboxylic acids is 1. The summed E-state index contributed by atoms with van der Waals surface area (Å²) in [6, 6.07) is 0. The molecule has 0 atom stereocenters. The predicted molar refractivity (Wildman–Crippen MR) is 85.4 cm³/mol. The summed E-state index contributed by atoms with van der Waals surface area (Å²) >= 11 is 0. The Kier molecular flexibility index (Phi) is 16.1. The van der Waals surface area contributed by atoms with Gasteiger partial charge in [-0.25, -0.2) is 0 Å². The Morgan fingerprint density at radius 2 is 1.25 bits per heavy atom. The summed E-state index contributed by atoms with van der Waals surface area (Å²) in [6.07, 6.45) is 11.5. The maximum atomic E-state index is 9.76. The Labute approximate surface area is 127 Å². The van der Waals surface area contributed by atoms with Gasteiger partial charge in [0, 0.05) is 5.97 Å². The van der Waals surface area contributed by atoms with Crippen LogP contribution in [0.4, 0.5) is 0 Å². The van der Waals surface area contributed by atoms with Crippen molar-refractivity contribution in [3.8, 4) is 0 Å². The first-order valence-corrected chi connectivity index (χ1v) is 8.33. The molecule has 0 aromatic heterocycles. The van der Waals surface area contributed by atoms with Gasteiger partial charge in [0.25, 0.3) is 0 Å². The van der Waals surface area contributed by atoms with Crippen LogP contribution in [0.3, 0.4) is 0 Å². The molecule has 0 aliphatic heterocycles. The van der Waals surface area contributed by atoms with Gasteiger partial charge in [-0.15, -0.1) is 0 Å². The SMILES string of the molecule is CCCCCC(=O)[O-].CCCCCCCC[N+](C)(C)C. The molecule has 0 aliphatic rings. The van der Waals surface area contributed by atoms with Crippen LogP contribution < -0.4 is 5.11 Å². The number of unbranched alkanes of at least 4 members (excludes halogenated alkanes) is 7. The van der Waals surface area contributed by atoms with Gasteiger partial charge in [0.2, 0.25) is 0 Å². The molecule has 0 aromatic carbocycles. The third kappa shape index (κ3) is 26.1. The van der Waals surface area contributed by atoms with E-state index in [2.05, 4.69) is 28.1 Å². The average molecular weight is 287 g/mol. The molecule has 20 heavy (non-hydrogen) atoms. The molecule has 122 valence electrons. The van der Waals surface area contributed by atoms with Crippen molar-refractivity contribution in [2.45, 2.75) is 78.1 Å². The molecule has 0 saturated carbocycles. The van der Waals surface area contributed by atoms with Crippen LogP contribution in [0.5, 0.6) is 0 Å². The van der Waals surface area contributed by atoms with E-state index in [-0.39, 0.29) is 6.42 Å². The molecule has 0 amide bonds. The van der Waals surface area contributed by atoms with Gasteiger partial charge in [0.15, 0.2) is 0 Å². The summed E-state index contributed by atoms with van der Waals surface area (Å²) in [5.41, 5.74) is 0. The number of nitrogens with zero attached hydrogens (tertiary/aromatic N) is 1. The number of carboxylic acid groups (broad SMARTS) is 1. The van der Waals surface area contributed by atoms with Crippen LogP contribution in [0.1, 0.15) is 78.1 Å². The van der Waals surface area contributed by atoms with Gasteiger partial charge in [-0.05, 0) is 25.7 Å². The van der Waals surface area contributed by atoms with Crippen molar-refractivity contribution in [2.24, 2.45) is 0 Å². The van der Waals surface area contributed by atoms with Crippen LogP contribution in [0.15, 0.2) is 0 Å². The minimum atomic E-state index is -0.932. The number of hydrogen-bond acceptors (Lipinski definition) is 2. The Balaban J connectivity index is 0. The third-order valence-electron chi connectivity index (χ3n) is 3.17. The highest BCUT2D eigenvalue weighted by Gasteiger charge is 2.04. The number of hydrogen-bond donors (Lipinski definition) is 0. The van der Waals surface area contributed by atoms with Crippen molar-refractivity contribution in [1.29, 1.82) is 0 Å². The molecule has 3 heteroatoms. The third-order valence-corrected chi connectivity index (χ3v) is 3.17. The fraction of sp³-hybridized carbons (Fsp3) is 0.941. The van der Waals surface area contributed by atoms with E-state index in [0.717, 1.165) is 23.7 Å². The molecule has 0 bridgehead atoms. The smallest absolute Gasteiger partial charge is 0.0780 e. The van der Waals surface area contributed by atoms with E-state index < -0.39 is 5.97 Å². The summed E-state index contributed by atoms with van der Waals surface area (Å²) in [7, 11) is 6.81. The van der Waals surface area contributed by atoms with Crippen LogP contribution in [-0.2, 0) is 4.79 Å². The summed E-state index contributed by atoms with van der Waals surface area (Å²) in [5, 5.41) is 9.76. The van der Waals surface area contributed by atoms with Crippen LogP contribution in [0.2, 0.25) is 0 Å². The van der Waals surface area contributed by atoms with Gasteiger partial charge in [0.1, 0.15) is 0 Å². The molecule has 0 N–H and O–H groups in total. The number of rotatable bonds is 11. The van der Waals surface area contributed by atoms with Crippen molar-refractivity contribution in [3.63, 3.8) is 0 Å². The van der Waals surface area contributed by atoms with Gasteiger partial charge in [-0.2, -0.15) is 0 Å². The van der Waals surface area contributed by atoms with Gasteiger partial charge >= 0.3 is 0 Å². The number of carboxylic acids is 1. The second-order valence-corrected chi connectivity index (χ2v) is 6.61. The Morgan fingerprint density at radius 3 is 1.70 bits per heavy atom. The average Bonchev–Trinajstić information content (AvgIpc) is 2.33. The molecule has 0 aromatic rings. The van der Waals surface area contributed by atoms with Gasteiger partial charge in [-0.3, -0.25) is 0 Å². The van der Waals surface area contributed by atoms with Crippen molar-refractivity contribution in [1.82, 2.24) is 0 Å². The first-order chi connectivity index (χ1) is 9.33. The van der Waals surface area contributed by atoms with E-state index in [1.165, 1.54) is 45.1 Å². The minimum absolute atomic E-state index is 0.216. The van der Waals surface area contributed by atoms with Crippen LogP contribution in [0.25, 0.3) is 0 Å². The monoisotopic (exact) mass is 287 g/mol. The van der Waals surface area contributed by atoms with Crippen molar-refractivity contribution >= 4 is 5.97 Å². The Hall–Kier alpha value is -0.570. The quantitative estimate of drug-likeness (QED) is 0.432. The molecule has 0 heterocycles. The summed E-state index contributed by atoms with van der Waals surface area (Å²) in [6.45, 7) is 5.63. The highest BCUT2D eigenvalue weighted by Crippen LogP contribution is 2.06. The molecule has 0 radical (unpaired) electrons. The maximum absolute atomic E-state index is 9.76. The number of quaternary nitrogens is 1. The second kappa shape index (κ2) is 14.8. The first kappa shape index (κ1) is 21.7. The molecule has 0 saturated heterocycles. The molecule has 0 aliphatic carbocycles. The maximum Gasteiger partial charge on any atom is 0.0780 e. The van der Waals surface area contributed by atoms with Gasteiger partial charge in [0.05, 0.1) is 27.7 Å². The highest BCUT2D eigenvalue weighted by atomic mass is 16.4. The van der Waals surface area contributed by atoms with Crippen LogP contribution in [0, 0.1) is 0 Å². The van der Waals surface area contributed by atoms with E-state index in [9.17, 15) is 9.90 Å². The summed E-state index contributed by atoms with van der Waals surface area (Å²) < 4.78 is 1.12. The van der Waals surface area contributed by atoms with Gasteiger partial charge in [-0.1, -0.05) is 52.4 Å². The number of carbonyl (C=O) groups is 1. The van der Waals surface area contributed by atoms with E-state index in [1.54, 1.807) is 0 Å². The Morgan fingerprint density at radius 1 is 0.800 bits per heavy atom. The minimum Gasteiger partial charge on any atom is -0.550 e. The van der Waals surface area contributed by atoms with Crippen molar-refractivity contribution in [3.05, 3.63) is 0 Å². The zero-order chi connectivity index (χ0) is 15.9. The molecule has 0 fully saturated rings. The van der Waals surface area contributed by atoms with Crippen LogP contribution in [-0.4, -0.2) is 38.1 Å². The highest BCUT2D eigenvalue weighted by molar-refractivity contribution is 5.63. The zero-order valence-corrected chi connectivity index (χ0v) is 14.5. The largest absolute Gasteiger partial charge is 0.550 e. The molecule has 3 nitrogen and oxygen atoms in total. The molecule has 0 rings (SSSR count). The molecule has 0 spiro atoms. The lowest BCUT2D eigenvalue weighted by molar-refractivity contribution is -0.870. The first-order valence-electron chi connectivity index (χ1n) is 8.33. The fourth-order valence-electron chi connectivity index (χ4n) is 1.89. The van der Waals surface area contributed by atoms with Gasteiger partial charge < -0.3 is 14.4 Å². The van der Waals surface area contributed by atoms with E-state index in [0.29, 0.717) is 0 Å². The molecule has 0 unspecified atom stereocenters.